The minimum absolute atomic E-state index is 0.525. The van der Waals surface area contributed by atoms with E-state index in [1.54, 1.807) is 0 Å². The molecular formula is C18H32O13S3. The van der Waals surface area contributed by atoms with Crippen LogP contribution in [0.2, 0.25) is 0 Å². The van der Waals surface area contributed by atoms with Crippen molar-refractivity contribution in [3.63, 3.8) is 0 Å². The molecule has 0 aromatic rings. The molecule has 0 spiro atoms. The van der Waals surface area contributed by atoms with Crippen LogP contribution in [0, 0.1) is 0 Å². The van der Waals surface area contributed by atoms with Gasteiger partial charge in [-0.25, -0.2) is 0 Å². The molecule has 10 N–H and O–H groups in total. The lowest BCUT2D eigenvalue weighted by Gasteiger charge is -2.47. The normalized spacial score (nSPS) is 52.5. The molecule has 34 heavy (non-hydrogen) atoms. The maximum absolute atomic E-state index is 10.8. The average molecular weight is 553 g/mol. The topological polar surface area (TPSA) is 230 Å². The summed E-state index contributed by atoms with van der Waals surface area (Å²) in [6.45, 7) is -1.79. The molecule has 16 heteroatoms. The number of thioether (sulfide) groups is 2. The number of rotatable bonds is 7. The van der Waals surface area contributed by atoms with Crippen LogP contribution in [0.4, 0.5) is 0 Å². The molecule has 0 saturated carbocycles. The Morgan fingerprint density at radius 2 is 0.912 bits per heavy atom. The van der Waals surface area contributed by atoms with Crippen molar-refractivity contribution in [1.29, 1.82) is 0 Å². The van der Waals surface area contributed by atoms with Crippen LogP contribution in [0.3, 0.4) is 0 Å². The molecule has 13 nitrogen and oxygen atoms in total. The summed E-state index contributed by atoms with van der Waals surface area (Å²) >= 11 is 5.57. The van der Waals surface area contributed by atoms with Crippen molar-refractivity contribution in [3.05, 3.63) is 0 Å². The fraction of sp³-hybridized carbons (Fsp3) is 1.00. The van der Waals surface area contributed by atoms with Gasteiger partial charge in [-0.3, -0.25) is 0 Å². The summed E-state index contributed by atoms with van der Waals surface area (Å²) in [6, 6.07) is 0. The highest BCUT2D eigenvalue weighted by atomic mass is 32.2. The van der Waals surface area contributed by atoms with Crippen molar-refractivity contribution >= 4 is 36.2 Å². The molecule has 0 amide bonds. The van der Waals surface area contributed by atoms with Gasteiger partial charge in [0.05, 0.1) is 54.7 Å². The molecule has 0 aromatic carbocycles. The lowest BCUT2D eigenvalue weighted by molar-refractivity contribution is -0.206. The Bertz CT molecular complexity index is 646. The molecule has 0 aliphatic carbocycles. The van der Waals surface area contributed by atoms with E-state index in [9.17, 15) is 51.1 Å². The van der Waals surface area contributed by atoms with Crippen molar-refractivity contribution in [2.45, 2.75) is 87.8 Å². The molecule has 3 fully saturated rings. The second-order valence-electron chi connectivity index (χ2n) is 8.33. The largest absolute Gasteiger partial charge is 0.394 e. The quantitative estimate of drug-likeness (QED) is 0.133. The van der Waals surface area contributed by atoms with Crippen LogP contribution in [0.1, 0.15) is 0 Å². The van der Waals surface area contributed by atoms with Gasteiger partial charge in [0.1, 0.15) is 52.9 Å². The number of aliphatic hydroxyl groups excluding tert-OH is 10. The van der Waals surface area contributed by atoms with Gasteiger partial charge in [0.25, 0.3) is 0 Å². The first-order valence-electron chi connectivity index (χ1n) is 10.6. The number of hydrogen-bond acceptors (Lipinski definition) is 16. The van der Waals surface area contributed by atoms with Crippen molar-refractivity contribution in [3.8, 4) is 0 Å². The van der Waals surface area contributed by atoms with Gasteiger partial charge in [-0.05, 0) is 0 Å². The van der Waals surface area contributed by atoms with E-state index in [4.69, 9.17) is 14.2 Å². The summed E-state index contributed by atoms with van der Waals surface area (Å²) in [5.41, 5.74) is -3.49. The molecule has 15 atom stereocenters. The molecule has 0 aromatic heterocycles. The first kappa shape index (κ1) is 29.1. The van der Waals surface area contributed by atoms with Gasteiger partial charge in [0.2, 0.25) is 0 Å². The van der Waals surface area contributed by atoms with E-state index in [2.05, 4.69) is 12.6 Å². The highest BCUT2D eigenvalue weighted by Gasteiger charge is 2.52. The summed E-state index contributed by atoms with van der Waals surface area (Å²) in [6.07, 6.45) is -14.0. The van der Waals surface area contributed by atoms with Gasteiger partial charge >= 0.3 is 0 Å². The zero-order chi connectivity index (χ0) is 25.3. The van der Waals surface area contributed by atoms with Crippen LogP contribution < -0.4 is 0 Å². The third-order valence-electron chi connectivity index (χ3n) is 6.09. The SMILES string of the molecule is OC[C@H]1O[C@@H](S[C@H]2[C@H](O)[C@@H](O)[C@H](S[C@H]3[C@H](O)[C@@H](O)[C@H](S)O[C@@H]3CO)O[C@@H]2CO)[C@H](O)[C@@H](O)[C@@H]1O. The molecule has 3 saturated heterocycles. The van der Waals surface area contributed by atoms with E-state index in [0.29, 0.717) is 0 Å². The third-order valence-corrected chi connectivity index (χ3v) is 9.63. The Balaban J connectivity index is 1.72. The van der Waals surface area contributed by atoms with Crippen molar-refractivity contribution < 1.29 is 65.3 Å². The molecule has 200 valence electrons. The van der Waals surface area contributed by atoms with E-state index < -0.39 is 108 Å². The van der Waals surface area contributed by atoms with Gasteiger partial charge in [-0.2, -0.15) is 0 Å². The second kappa shape index (κ2) is 12.4. The predicted molar refractivity (Wildman–Crippen MR) is 121 cm³/mol. The Morgan fingerprint density at radius 1 is 0.500 bits per heavy atom. The zero-order valence-corrected chi connectivity index (χ0v) is 20.3. The molecule has 3 rings (SSSR count). The highest BCUT2D eigenvalue weighted by molar-refractivity contribution is 8.01. The molecule has 0 radical (unpaired) electrons. The summed E-state index contributed by atoms with van der Waals surface area (Å²) < 4.78 is 16.6. The Morgan fingerprint density at radius 3 is 1.41 bits per heavy atom. The maximum atomic E-state index is 10.8. The van der Waals surface area contributed by atoms with Crippen LogP contribution >= 0.6 is 36.2 Å². The first-order valence-corrected chi connectivity index (χ1v) is 13.0. The van der Waals surface area contributed by atoms with E-state index >= 15 is 0 Å². The minimum atomic E-state index is -1.64. The molecule has 0 unspecified atom stereocenters. The first-order chi connectivity index (χ1) is 16.0. The van der Waals surface area contributed by atoms with Gasteiger partial charge < -0.3 is 65.3 Å². The summed E-state index contributed by atoms with van der Waals surface area (Å²) in [7, 11) is 0. The van der Waals surface area contributed by atoms with Crippen LogP contribution in [0.5, 0.6) is 0 Å². The number of hydrogen-bond donors (Lipinski definition) is 11. The molecular weight excluding hydrogens is 520 g/mol. The van der Waals surface area contributed by atoms with E-state index in [1.165, 1.54) is 0 Å². The van der Waals surface area contributed by atoms with Crippen molar-refractivity contribution in [2.24, 2.45) is 0 Å². The maximum Gasteiger partial charge on any atom is 0.132 e. The van der Waals surface area contributed by atoms with Gasteiger partial charge in [-0.1, -0.05) is 0 Å². The Kier molecular flexibility index (Phi) is 10.6. The van der Waals surface area contributed by atoms with E-state index in [-0.39, 0.29) is 0 Å². The fourth-order valence-corrected chi connectivity index (χ4v) is 7.36. The van der Waals surface area contributed by atoms with Gasteiger partial charge in [0, 0.05) is 0 Å². The lowest BCUT2D eigenvalue weighted by Crippen LogP contribution is -2.62. The molecule has 3 aliphatic rings. The summed E-state index contributed by atoms with van der Waals surface area (Å²) in [4.78, 5) is 0. The molecule has 0 bridgehead atoms. The average Bonchev–Trinajstić information content (AvgIpc) is 2.83. The van der Waals surface area contributed by atoms with Crippen LogP contribution in [-0.4, -0.2) is 159 Å². The van der Waals surface area contributed by atoms with E-state index in [1.807, 2.05) is 0 Å². The number of aliphatic hydroxyl groups is 10. The smallest absolute Gasteiger partial charge is 0.132 e. The standard InChI is InChI=1S/C18H32O13S3/c19-1-4-7(22)8(23)12(27)17(30-4)34-15-6(3-21)31-18(13(28)10(15)25)33-14-5(2-20)29-16(32)11(26)9(14)24/h4-28,32H,1-3H2/t4-,5-,6-,7-,8+,9-,10-,11-,12-,13-,14-,15-,16+,17+,18+/m1/s1. The van der Waals surface area contributed by atoms with Gasteiger partial charge in [-0.15, -0.1) is 36.2 Å². The molecule has 3 heterocycles. The highest BCUT2D eigenvalue weighted by Crippen LogP contribution is 2.42. The molecule has 3 aliphatic heterocycles. The summed E-state index contributed by atoms with van der Waals surface area (Å²) in [5, 5.41) is 99.0. The lowest BCUT2D eigenvalue weighted by atomic mass is 10.0. The van der Waals surface area contributed by atoms with Crippen LogP contribution in [0.15, 0.2) is 0 Å². The zero-order valence-electron chi connectivity index (χ0n) is 17.7. The predicted octanol–water partition coefficient (Wildman–Crippen LogP) is -5.20. The monoisotopic (exact) mass is 552 g/mol. The second-order valence-corrected chi connectivity index (χ2v) is 11.4. The Labute approximate surface area is 209 Å². The minimum Gasteiger partial charge on any atom is -0.394 e. The van der Waals surface area contributed by atoms with Crippen LogP contribution in [0.25, 0.3) is 0 Å². The third kappa shape index (κ3) is 5.82. The number of ether oxygens (including phenoxy) is 3. The Hall–Kier alpha value is 0.530. The fourth-order valence-electron chi connectivity index (χ4n) is 4.06. The van der Waals surface area contributed by atoms with Crippen molar-refractivity contribution in [2.75, 3.05) is 19.8 Å². The van der Waals surface area contributed by atoms with E-state index in [0.717, 1.165) is 23.5 Å². The van der Waals surface area contributed by atoms with Crippen LogP contribution in [-0.2, 0) is 14.2 Å². The van der Waals surface area contributed by atoms with Gasteiger partial charge in [0.15, 0.2) is 0 Å². The summed E-state index contributed by atoms with van der Waals surface area (Å²) in [5.74, 6) is 0. The van der Waals surface area contributed by atoms with Crippen molar-refractivity contribution in [1.82, 2.24) is 0 Å². The number of thiol groups is 1.